The second-order valence-corrected chi connectivity index (χ2v) is 5.55. The molecule has 0 atom stereocenters. The van der Waals surface area contributed by atoms with Crippen LogP contribution in [0.15, 0.2) is 6.07 Å². The van der Waals surface area contributed by atoms with E-state index in [0.717, 1.165) is 12.2 Å². The van der Waals surface area contributed by atoms with E-state index in [4.69, 9.17) is 10.7 Å². The number of hydrogen-bond acceptors (Lipinski definition) is 3. The van der Waals surface area contributed by atoms with Crippen LogP contribution >= 0.6 is 10.7 Å². The zero-order valence-corrected chi connectivity index (χ0v) is 9.06. The molecule has 0 aliphatic heterocycles. The number of rotatable bonds is 3. The molecule has 74 valence electrons. The van der Waals surface area contributed by atoms with Gasteiger partial charge in [-0.15, -0.1) is 0 Å². The van der Waals surface area contributed by atoms with Gasteiger partial charge < -0.3 is 0 Å². The van der Waals surface area contributed by atoms with Crippen LogP contribution in [0.2, 0.25) is 0 Å². The first-order chi connectivity index (χ1) is 5.92. The topological polar surface area (TPSA) is 52.0 Å². The standard InChI is InChI=1S/C7H11ClN2O2S/c1-3-10-6(2)4-7(9-10)5-13(8,11)12/h4H,3,5H2,1-2H3. The van der Waals surface area contributed by atoms with Crippen molar-refractivity contribution in [2.24, 2.45) is 0 Å². The molecule has 1 rings (SSSR count). The molecule has 0 amide bonds. The van der Waals surface area contributed by atoms with Crippen molar-refractivity contribution in [1.29, 1.82) is 0 Å². The van der Waals surface area contributed by atoms with Crippen LogP contribution in [-0.2, 0) is 21.3 Å². The molecule has 0 saturated heterocycles. The lowest BCUT2D eigenvalue weighted by atomic mass is 10.4. The molecule has 1 heterocycles. The minimum atomic E-state index is -3.49. The first-order valence-corrected chi connectivity index (χ1v) is 6.36. The van der Waals surface area contributed by atoms with E-state index >= 15 is 0 Å². The van der Waals surface area contributed by atoms with Crippen molar-refractivity contribution in [2.75, 3.05) is 0 Å². The maximum Gasteiger partial charge on any atom is 0.238 e. The average Bonchev–Trinajstić information content (AvgIpc) is 2.26. The van der Waals surface area contributed by atoms with Crippen LogP contribution in [-0.4, -0.2) is 18.2 Å². The normalized spacial score (nSPS) is 11.9. The zero-order valence-electron chi connectivity index (χ0n) is 7.49. The predicted molar refractivity (Wildman–Crippen MR) is 51.1 cm³/mol. The zero-order chi connectivity index (χ0) is 10.1. The Hall–Kier alpha value is -0.550. The van der Waals surface area contributed by atoms with Crippen molar-refractivity contribution in [3.63, 3.8) is 0 Å². The van der Waals surface area contributed by atoms with E-state index in [-0.39, 0.29) is 5.75 Å². The van der Waals surface area contributed by atoms with Gasteiger partial charge in [0, 0.05) is 22.9 Å². The van der Waals surface area contributed by atoms with Gasteiger partial charge in [0.15, 0.2) is 0 Å². The molecule has 0 radical (unpaired) electrons. The minimum absolute atomic E-state index is 0.206. The third-order valence-electron chi connectivity index (χ3n) is 1.65. The van der Waals surface area contributed by atoms with Gasteiger partial charge in [-0.1, -0.05) is 0 Å². The highest BCUT2D eigenvalue weighted by atomic mass is 35.7. The lowest BCUT2D eigenvalue weighted by Crippen LogP contribution is -2.01. The highest BCUT2D eigenvalue weighted by Gasteiger charge is 2.11. The summed E-state index contributed by atoms with van der Waals surface area (Å²) >= 11 is 0. The molecule has 0 unspecified atom stereocenters. The number of hydrogen-bond donors (Lipinski definition) is 0. The summed E-state index contributed by atoms with van der Waals surface area (Å²) < 4.78 is 23.2. The monoisotopic (exact) mass is 222 g/mol. The van der Waals surface area contributed by atoms with E-state index < -0.39 is 9.05 Å². The smallest absolute Gasteiger partial charge is 0.238 e. The fourth-order valence-corrected chi connectivity index (χ4v) is 1.98. The highest BCUT2D eigenvalue weighted by molar-refractivity contribution is 8.13. The van der Waals surface area contributed by atoms with Crippen molar-refractivity contribution < 1.29 is 8.42 Å². The van der Waals surface area contributed by atoms with E-state index in [1.165, 1.54) is 0 Å². The summed E-state index contributed by atoms with van der Waals surface area (Å²) in [6, 6.07) is 1.73. The van der Waals surface area contributed by atoms with Crippen molar-refractivity contribution in [2.45, 2.75) is 26.1 Å². The SMILES string of the molecule is CCn1nc(CS(=O)(=O)Cl)cc1C. The van der Waals surface area contributed by atoms with Gasteiger partial charge in [-0.05, 0) is 19.9 Å². The van der Waals surface area contributed by atoms with Gasteiger partial charge in [0.25, 0.3) is 0 Å². The van der Waals surface area contributed by atoms with Crippen LogP contribution in [0.3, 0.4) is 0 Å². The van der Waals surface area contributed by atoms with E-state index in [2.05, 4.69) is 5.10 Å². The van der Waals surface area contributed by atoms with Gasteiger partial charge in [-0.3, -0.25) is 4.68 Å². The fraction of sp³-hybridized carbons (Fsp3) is 0.571. The Morgan fingerprint density at radius 1 is 1.62 bits per heavy atom. The molecule has 0 spiro atoms. The molecule has 0 aliphatic carbocycles. The molecule has 4 nitrogen and oxygen atoms in total. The summed E-state index contributed by atoms with van der Waals surface area (Å²) in [7, 11) is 1.60. The molecule has 6 heteroatoms. The molecule has 0 saturated carbocycles. The summed E-state index contributed by atoms with van der Waals surface area (Å²) in [5.41, 5.74) is 1.44. The molecule has 1 aromatic heterocycles. The largest absolute Gasteiger partial charge is 0.270 e. The summed E-state index contributed by atoms with van der Waals surface area (Å²) in [6.07, 6.45) is 0. The van der Waals surface area contributed by atoms with E-state index in [1.54, 1.807) is 10.7 Å². The third-order valence-corrected chi connectivity index (χ3v) is 2.62. The Morgan fingerprint density at radius 3 is 2.62 bits per heavy atom. The molecule has 13 heavy (non-hydrogen) atoms. The molecular weight excluding hydrogens is 212 g/mol. The predicted octanol–water partition coefficient (Wildman–Crippen LogP) is 1.28. The van der Waals surface area contributed by atoms with E-state index in [1.807, 2.05) is 13.8 Å². The molecule has 0 N–H and O–H groups in total. The van der Waals surface area contributed by atoms with Crippen LogP contribution in [0.25, 0.3) is 0 Å². The van der Waals surface area contributed by atoms with Gasteiger partial charge >= 0.3 is 0 Å². The summed E-state index contributed by atoms with van der Waals surface area (Å²) in [4.78, 5) is 0. The van der Waals surface area contributed by atoms with Gasteiger partial charge in [-0.25, -0.2) is 8.42 Å². The minimum Gasteiger partial charge on any atom is -0.270 e. The average molecular weight is 223 g/mol. The molecular formula is C7H11ClN2O2S. The Bertz CT molecular complexity index is 397. The van der Waals surface area contributed by atoms with Crippen LogP contribution in [0, 0.1) is 6.92 Å². The fourth-order valence-electron chi connectivity index (χ4n) is 1.15. The van der Waals surface area contributed by atoms with Crippen LogP contribution < -0.4 is 0 Å². The summed E-state index contributed by atoms with van der Waals surface area (Å²) in [6.45, 7) is 4.55. The van der Waals surface area contributed by atoms with Gasteiger partial charge in [0.05, 0.1) is 5.69 Å². The molecule has 0 aromatic carbocycles. The Morgan fingerprint density at radius 2 is 2.23 bits per heavy atom. The van der Waals surface area contributed by atoms with Gasteiger partial charge in [0.1, 0.15) is 5.75 Å². The van der Waals surface area contributed by atoms with Crippen molar-refractivity contribution >= 4 is 19.7 Å². The Labute approximate surface area is 81.9 Å². The summed E-state index contributed by atoms with van der Waals surface area (Å²) in [5.74, 6) is -0.206. The van der Waals surface area contributed by atoms with Crippen molar-refractivity contribution in [3.8, 4) is 0 Å². The number of aryl methyl sites for hydroxylation is 2. The first kappa shape index (κ1) is 10.5. The van der Waals surface area contributed by atoms with Gasteiger partial charge in [-0.2, -0.15) is 5.10 Å². The quantitative estimate of drug-likeness (QED) is 0.724. The molecule has 0 aliphatic rings. The lowest BCUT2D eigenvalue weighted by molar-refractivity contribution is 0.604. The Balaban J connectivity index is 2.92. The van der Waals surface area contributed by atoms with Crippen LogP contribution in [0.5, 0.6) is 0 Å². The maximum atomic E-state index is 10.7. The van der Waals surface area contributed by atoms with E-state index in [0.29, 0.717) is 5.69 Å². The first-order valence-electron chi connectivity index (χ1n) is 3.88. The number of halogens is 1. The number of aromatic nitrogens is 2. The summed E-state index contributed by atoms with van der Waals surface area (Å²) in [5, 5.41) is 4.07. The van der Waals surface area contributed by atoms with E-state index in [9.17, 15) is 8.42 Å². The van der Waals surface area contributed by atoms with Gasteiger partial charge in [0.2, 0.25) is 9.05 Å². The number of nitrogens with zero attached hydrogens (tertiary/aromatic N) is 2. The van der Waals surface area contributed by atoms with Crippen LogP contribution in [0.1, 0.15) is 18.3 Å². The third kappa shape index (κ3) is 3.00. The van der Waals surface area contributed by atoms with Crippen molar-refractivity contribution in [3.05, 3.63) is 17.5 Å². The Kier molecular flexibility index (Phi) is 2.98. The highest BCUT2D eigenvalue weighted by Crippen LogP contribution is 2.09. The molecule has 0 bridgehead atoms. The van der Waals surface area contributed by atoms with Crippen molar-refractivity contribution in [1.82, 2.24) is 9.78 Å². The lowest BCUT2D eigenvalue weighted by Gasteiger charge is -1.96. The second kappa shape index (κ2) is 3.67. The maximum absolute atomic E-state index is 10.7. The van der Waals surface area contributed by atoms with Crippen LogP contribution in [0.4, 0.5) is 0 Å². The molecule has 1 aromatic rings. The second-order valence-electron chi connectivity index (χ2n) is 2.78. The molecule has 0 fully saturated rings.